The first-order valence-corrected chi connectivity index (χ1v) is 10.7. The molecule has 1 aliphatic rings. The normalized spacial score (nSPS) is 18.2. The molecule has 0 spiro atoms. The molecule has 2 N–H and O–H groups in total. The molecule has 166 valence electrons. The number of anilines is 2. The number of carbonyl (C=O) groups is 3. The van der Waals surface area contributed by atoms with Crippen LogP contribution in [0, 0.1) is 11.8 Å². The maximum atomic E-state index is 13.0. The Balaban J connectivity index is 1.54. The lowest BCUT2D eigenvalue weighted by Crippen LogP contribution is -2.30. The molecule has 1 aromatic carbocycles. The molecule has 1 saturated carbocycles. The molecular weight excluding hydrogens is 434 g/mol. The van der Waals surface area contributed by atoms with Crippen LogP contribution in [-0.2, 0) is 14.3 Å². The van der Waals surface area contributed by atoms with Gasteiger partial charge in [0.2, 0.25) is 11.7 Å². The van der Waals surface area contributed by atoms with Gasteiger partial charge in [-0.1, -0.05) is 23.7 Å². The number of methoxy groups -OCH3 is 1. The van der Waals surface area contributed by atoms with E-state index in [4.69, 9.17) is 20.8 Å². The van der Waals surface area contributed by atoms with Gasteiger partial charge in [-0.25, -0.2) is 4.98 Å². The molecule has 9 heteroatoms. The third-order valence-corrected chi connectivity index (χ3v) is 5.87. The van der Waals surface area contributed by atoms with Crippen LogP contribution >= 0.6 is 11.6 Å². The predicted molar refractivity (Wildman–Crippen MR) is 120 cm³/mol. The summed E-state index contributed by atoms with van der Waals surface area (Å²) in [7, 11) is 1.37. The van der Waals surface area contributed by atoms with Crippen LogP contribution in [0.4, 0.5) is 11.5 Å². The number of esters is 1. The zero-order chi connectivity index (χ0) is 22.7. The number of pyridine rings is 1. The Morgan fingerprint density at radius 1 is 1.03 bits per heavy atom. The first kappa shape index (κ1) is 21.8. The van der Waals surface area contributed by atoms with E-state index in [1.165, 1.54) is 13.3 Å². The van der Waals surface area contributed by atoms with Crippen LogP contribution in [0.25, 0.3) is 11.0 Å². The van der Waals surface area contributed by atoms with Crippen molar-refractivity contribution in [2.75, 3.05) is 17.7 Å². The number of carbonyl (C=O) groups excluding carboxylic acids is 3. The molecule has 0 unspecified atom stereocenters. The molecule has 8 nitrogen and oxygen atoms in total. The molecule has 0 atom stereocenters. The largest absolute Gasteiger partial charge is 0.469 e. The van der Waals surface area contributed by atoms with Crippen LogP contribution in [0.15, 0.2) is 47.0 Å². The van der Waals surface area contributed by atoms with Gasteiger partial charge >= 0.3 is 5.97 Å². The van der Waals surface area contributed by atoms with Gasteiger partial charge in [0.1, 0.15) is 17.1 Å². The van der Waals surface area contributed by atoms with Crippen LogP contribution in [0.2, 0.25) is 5.02 Å². The van der Waals surface area contributed by atoms with E-state index >= 15 is 0 Å². The second kappa shape index (κ2) is 9.40. The van der Waals surface area contributed by atoms with Crippen molar-refractivity contribution in [2.24, 2.45) is 11.8 Å². The number of nitrogens with one attached hydrogen (secondary N) is 2. The summed E-state index contributed by atoms with van der Waals surface area (Å²) in [6, 6.07) is 10.3. The number of aromatic nitrogens is 1. The Hall–Kier alpha value is -3.39. The lowest BCUT2D eigenvalue weighted by atomic mass is 9.81. The minimum atomic E-state index is -0.541. The average molecular weight is 456 g/mol. The highest BCUT2D eigenvalue weighted by Gasteiger charge is 2.32. The number of rotatable bonds is 5. The first-order chi connectivity index (χ1) is 15.5. The highest BCUT2D eigenvalue weighted by molar-refractivity contribution is 6.30. The second-order valence-electron chi connectivity index (χ2n) is 7.68. The van der Waals surface area contributed by atoms with E-state index in [9.17, 15) is 14.4 Å². The number of hydrogen-bond acceptors (Lipinski definition) is 6. The SMILES string of the molecule is COC(=O)C1CCC(C(=O)Nc2c(C(=O)Nc3ccc(Cl)cn3)oc3ccccc23)CC1. The van der Waals surface area contributed by atoms with E-state index in [0.717, 1.165) is 0 Å². The zero-order valence-corrected chi connectivity index (χ0v) is 18.1. The molecule has 0 saturated heterocycles. The lowest BCUT2D eigenvalue weighted by Gasteiger charge is -2.26. The number of amides is 2. The summed E-state index contributed by atoms with van der Waals surface area (Å²) >= 11 is 5.84. The molecule has 0 aliphatic heterocycles. The molecule has 32 heavy (non-hydrogen) atoms. The minimum Gasteiger partial charge on any atom is -0.469 e. The quantitative estimate of drug-likeness (QED) is 0.542. The number of benzene rings is 1. The molecule has 3 aromatic rings. The fraction of sp³-hybridized carbons (Fsp3) is 0.304. The molecule has 1 aliphatic carbocycles. The van der Waals surface area contributed by atoms with Gasteiger partial charge in [-0.2, -0.15) is 0 Å². The summed E-state index contributed by atoms with van der Waals surface area (Å²) in [6.45, 7) is 0. The number of furan rings is 1. The van der Waals surface area contributed by atoms with E-state index < -0.39 is 5.91 Å². The van der Waals surface area contributed by atoms with Crippen LogP contribution in [0.3, 0.4) is 0 Å². The van der Waals surface area contributed by atoms with E-state index in [0.29, 0.717) is 53.2 Å². The average Bonchev–Trinajstić information content (AvgIpc) is 3.18. The smallest absolute Gasteiger partial charge is 0.308 e. The van der Waals surface area contributed by atoms with Crippen LogP contribution in [0.1, 0.15) is 36.2 Å². The molecule has 4 rings (SSSR count). The minimum absolute atomic E-state index is 0.0143. The maximum Gasteiger partial charge on any atom is 0.308 e. The monoisotopic (exact) mass is 455 g/mol. The number of nitrogens with zero attached hydrogens (tertiary/aromatic N) is 1. The number of halogens is 1. The first-order valence-electron chi connectivity index (χ1n) is 10.3. The highest BCUT2D eigenvalue weighted by Crippen LogP contribution is 2.34. The van der Waals surface area contributed by atoms with Crippen molar-refractivity contribution in [3.63, 3.8) is 0 Å². The Morgan fingerprint density at radius 2 is 1.75 bits per heavy atom. The lowest BCUT2D eigenvalue weighted by molar-refractivity contribution is -0.147. The van der Waals surface area contributed by atoms with Crippen molar-refractivity contribution in [2.45, 2.75) is 25.7 Å². The van der Waals surface area contributed by atoms with Gasteiger partial charge in [-0.15, -0.1) is 0 Å². The van der Waals surface area contributed by atoms with Crippen LogP contribution in [0.5, 0.6) is 0 Å². The summed E-state index contributed by atoms with van der Waals surface area (Å²) in [6.07, 6.45) is 3.73. The van der Waals surface area contributed by atoms with Gasteiger partial charge < -0.3 is 19.8 Å². The molecule has 2 aromatic heterocycles. The summed E-state index contributed by atoms with van der Waals surface area (Å²) in [4.78, 5) is 41.7. The van der Waals surface area contributed by atoms with Gasteiger partial charge in [-0.05, 0) is 49.9 Å². The summed E-state index contributed by atoms with van der Waals surface area (Å²) in [5, 5.41) is 6.61. The molecule has 2 heterocycles. The van der Waals surface area contributed by atoms with Crippen molar-refractivity contribution in [1.29, 1.82) is 0 Å². The molecule has 0 radical (unpaired) electrons. The number of hydrogen-bond donors (Lipinski definition) is 2. The topological polar surface area (TPSA) is 111 Å². The summed E-state index contributed by atoms with van der Waals surface area (Å²) in [5.74, 6) is -1.14. The van der Waals surface area contributed by atoms with Crippen LogP contribution in [-0.4, -0.2) is 29.9 Å². The fourth-order valence-corrected chi connectivity index (χ4v) is 4.05. The third kappa shape index (κ3) is 4.60. The summed E-state index contributed by atoms with van der Waals surface area (Å²) in [5.41, 5.74) is 0.790. The summed E-state index contributed by atoms with van der Waals surface area (Å²) < 4.78 is 10.6. The van der Waals surface area contributed by atoms with Crippen molar-refractivity contribution in [3.8, 4) is 0 Å². The molecule has 2 amide bonds. The highest BCUT2D eigenvalue weighted by atomic mass is 35.5. The van der Waals surface area contributed by atoms with Gasteiger partial charge in [0.05, 0.1) is 18.1 Å². The standard InChI is InChI=1S/C23H22ClN3O5/c1-31-23(30)14-8-6-13(7-9-14)21(28)27-19-16-4-2-3-5-17(16)32-20(19)22(29)26-18-11-10-15(24)12-25-18/h2-5,10-14H,6-9H2,1H3,(H,27,28)(H,25,26,29). The van der Waals surface area contributed by atoms with E-state index in [-0.39, 0.29) is 29.5 Å². The third-order valence-electron chi connectivity index (χ3n) is 5.65. The number of para-hydroxylation sites is 1. The zero-order valence-electron chi connectivity index (χ0n) is 17.4. The second-order valence-corrected chi connectivity index (χ2v) is 8.12. The van der Waals surface area contributed by atoms with E-state index in [1.807, 2.05) is 0 Å². The molecule has 0 bridgehead atoms. The van der Waals surface area contributed by atoms with Gasteiger partial charge in [0.25, 0.3) is 5.91 Å². The Kier molecular flexibility index (Phi) is 6.41. The predicted octanol–water partition coefficient (Wildman–Crippen LogP) is 4.65. The molecular formula is C23H22ClN3O5. The number of fused-ring (bicyclic) bond motifs is 1. The Morgan fingerprint density at radius 3 is 2.44 bits per heavy atom. The van der Waals surface area contributed by atoms with Crippen LogP contribution < -0.4 is 10.6 Å². The van der Waals surface area contributed by atoms with Crippen molar-refractivity contribution >= 4 is 51.9 Å². The van der Waals surface area contributed by atoms with Crippen molar-refractivity contribution in [3.05, 3.63) is 53.4 Å². The fourth-order valence-electron chi connectivity index (χ4n) is 3.94. The van der Waals surface area contributed by atoms with E-state index in [2.05, 4.69) is 15.6 Å². The Labute approximate surface area is 189 Å². The van der Waals surface area contributed by atoms with E-state index in [1.54, 1.807) is 36.4 Å². The maximum absolute atomic E-state index is 13.0. The van der Waals surface area contributed by atoms with Crippen molar-refractivity contribution < 1.29 is 23.5 Å². The Bertz CT molecular complexity index is 1150. The van der Waals surface area contributed by atoms with Gasteiger partial charge in [0.15, 0.2) is 0 Å². The van der Waals surface area contributed by atoms with Gasteiger partial charge in [0, 0.05) is 17.5 Å². The van der Waals surface area contributed by atoms with Crippen molar-refractivity contribution in [1.82, 2.24) is 4.98 Å². The molecule has 1 fully saturated rings. The van der Waals surface area contributed by atoms with Gasteiger partial charge in [-0.3, -0.25) is 14.4 Å². The number of ether oxygens (including phenoxy) is 1.